The molecule has 1 aliphatic carbocycles. The number of furan rings is 1. The molecule has 2 aliphatic rings. The van der Waals surface area contributed by atoms with Crippen molar-refractivity contribution in [1.82, 2.24) is 4.90 Å². The number of rotatable bonds is 4. The number of fused-ring (bicyclic) bond motifs is 1. The quantitative estimate of drug-likeness (QED) is 0.864. The maximum Gasteiger partial charge on any atom is 0.322 e. The molecule has 0 bridgehead atoms. The minimum absolute atomic E-state index is 0.131. The first-order valence-electron chi connectivity index (χ1n) is 9.70. The number of hydrogen-bond acceptors (Lipinski definition) is 4. The summed E-state index contributed by atoms with van der Waals surface area (Å²) in [5.74, 6) is 0.512. The smallest absolute Gasteiger partial charge is 0.322 e. The van der Waals surface area contributed by atoms with E-state index < -0.39 is 6.10 Å². The third-order valence-electron chi connectivity index (χ3n) is 5.49. The van der Waals surface area contributed by atoms with Gasteiger partial charge in [0.25, 0.3) is 0 Å². The van der Waals surface area contributed by atoms with E-state index in [0.29, 0.717) is 31.9 Å². The van der Waals surface area contributed by atoms with Crippen LogP contribution in [0.3, 0.4) is 0 Å². The number of amides is 2. The molecule has 2 N–H and O–H groups in total. The molecule has 2 heterocycles. The number of morpholine rings is 1. The number of benzene rings is 1. The van der Waals surface area contributed by atoms with Crippen LogP contribution in [0.5, 0.6) is 0 Å². The lowest BCUT2D eigenvalue weighted by molar-refractivity contribution is -0.00713. The van der Waals surface area contributed by atoms with E-state index in [1.54, 1.807) is 23.3 Å². The Bertz CT molecular complexity index is 774. The van der Waals surface area contributed by atoms with Gasteiger partial charge in [-0.15, -0.1) is 0 Å². The average molecular weight is 370 g/mol. The molecule has 1 aliphatic heterocycles. The van der Waals surface area contributed by atoms with Gasteiger partial charge >= 0.3 is 6.03 Å². The normalized spacial score (nSPS) is 20.8. The third-order valence-corrected chi connectivity index (χ3v) is 5.49. The van der Waals surface area contributed by atoms with Crippen molar-refractivity contribution in [2.24, 2.45) is 0 Å². The van der Waals surface area contributed by atoms with Crippen LogP contribution in [0.15, 0.2) is 41.0 Å². The Balaban J connectivity index is 1.46. The van der Waals surface area contributed by atoms with Crippen LogP contribution in [0.4, 0.5) is 10.5 Å². The summed E-state index contributed by atoms with van der Waals surface area (Å²) in [6.07, 6.45) is 5.62. The van der Waals surface area contributed by atoms with Gasteiger partial charge in [-0.3, -0.25) is 0 Å². The number of aliphatic hydroxyl groups is 1. The fourth-order valence-corrected chi connectivity index (χ4v) is 4.06. The molecule has 1 fully saturated rings. The number of nitrogens with zero attached hydrogens (tertiary/aromatic N) is 1. The monoisotopic (exact) mass is 370 g/mol. The van der Waals surface area contributed by atoms with Crippen LogP contribution < -0.4 is 5.32 Å². The Labute approximate surface area is 159 Å². The molecule has 2 amide bonds. The summed E-state index contributed by atoms with van der Waals surface area (Å²) >= 11 is 0. The van der Waals surface area contributed by atoms with Gasteiger partial charge in [-0.2, -0.15) is 0 Å². The minimum Gasteiger partial charge on any atom is -0.467 e. The van der Waals surface area contributed by atoms with Gasteiger partial charge in [0.1, 0.15) is 11.9 Å². The molecule has 0 unspecified atom stereocenters. The lowest BCUT2D eigenvalue weighted by Crippen LogP contribution is -2.51. The van der Waals surface area contributed by atoms with Crippen molar-refractivity contribution in [1.29, 1.82) is 0 Å². The van der Waals surface area contributed by atoms with E-state index in [2.05, 4.69) is 11.4 Å². The Morgan fingerprint density at radius 1 is 1.26 bits per heavy atom. The number of carbonyl (C=O) groups is 1. The minimum atomic E-state index is -0.758. The third kappa shape index (κ3) is 4.01. The van der Waals surface area contributed by atoms with E-state index in [1.807, 2.05) is 12.1 Å². The zero-order chi connectivity index (χ0) is 18.6. The van der Waals surface area contributed by atoms with E-state index in [-0.39, 0.29) is 12.1 Å². The lowest BCUT2D eigenvalue weighted by atomic mass is 9.90. The molecule has 1 aromatic carbocycles. The largest absolute Gasteiger partial charge is 0.467 e. The zero-order valence-electron chi connectivity index (χ0n) is 15.4. The molecule has 27 heavy (non-hydrogen) atoms. The molecule has 1 saturated heterocycles. The van der Waals surface area contributed by atoms with Gasteiger partial charge in [-0.25, -0.2) is 4.79 Å². The summed E-state index contributed by atoms with van der Waals surface area (Å²) in [4.78, 5) is 14.8. The van der Waals surface area contributed by atoms with Crippen molar-refractivity contribution >= 4 is 11.7 Å². The second-order valence-corrected chi connectivity index (χ2v) is 7.27. The van der Waals surface area contributed by atoms with Gasteiger partial charge in [-0.1, -0.05) is 12.1 Å². The van der Waals surface area contributed by atoms with Crippen LogP contribution >= 0.6 is 0 Å². The van der Waals surface area contributed by atoms with Gasteiger partial charge < -0.3 is 24.5 Å². The predicted molar refractivity (Wildman–Crippen MR) is 102 cm³/mol. The second-order valence-electron chi connectivity index (χ2n) is 7.27. The highest BCUT2D eigenvalue weighted by Gasteiger charge is 2.30. The molecule has 0 radical (unpaired) electrons. The van der Waals surface area contributed by atoms with Crippen molar-refractivity contribution in [3.63, 3.8) is 0 Å². The lowest BCUT2D eigenvalue weighted by Gasteiger charge is -2.36. The number of aryl methyl sites for hydroxylation is 1. The van der Waals surface area contributed by atoms with Gasteiger partial charge in [0, 0.05) is 18.7 Å². The topological polar surface area (TPSA) is 74.9 Å². The van der Waals surface area contributed by atoms with Crippen molar-refractivity contribution in [3.05, 3.63) is 53.5 Å². The van der Waals surface area contributed by atoms with Crippen molar-refractivity contribution in [3.8, 4) is 0 Å². The predicted octanol–water partition coefficient (Wildman–Crippen LogP) is 3.51. The van der Waals surface area contributed by atoms with Gasteiger partial charge in [0.05, 0.1) is 25.5 Å². The fraction of sp³-hybridized carbons (Fsp3) is 0.476. The van der Waals surface area contributed by atoms with Crippen LogP contribution in [0.25, 0.3) is 0 Å². The van der Waals surface area contributed by atoms with Crippen LogP contribution in [-0.2, 0) is 17.6 Å². The summed E-state index contributed by atoms with van der Waals surface area (Å²) in [6.45, 7) is 1.43. The highest BCUT2D eigenvalue weighted by molar-refractivity contribution is 5.90. The first kappa shape index (κ1) is 18.1. The second kappa shape index (κ2) is 8.15. The van der Waals surface area contributed by atoms with Crippen molar-refractivity contribution in [2.75, 3.05) is 25.1 Å². The molecule has 4 rings (SSSR count). The Morgan fingerprint density at radius 3 is 3.00 bits per heavy atom. The standard InChI is InChI=1S/C21H26N2O4/c24-19(20-9-4-11-27-20)13-16-14-26-12-10-23(16)21(25)22-18-8-3-6-15-5-1-2-7-17(15)18/h3-4,6,8-9,11,16,19,24H,1-2,5,7,10,12-14H2,(H,22,25)/t16-,19-/m1/s1. The SMILES string of the molecule is O=C(Nc1cccc2c1CCCC2)N1CCOC[C@H]1C[C@@H](O)c1ccco1. The Kier molecular flexibility index (Phi) is 5.45. The molecule has 2 atom stereocenters. The summed E-state index contributed by atoms with van der Waals surface area (Å²) in [5.41, 5.74) is 3.51. The van der Waals surface area contributed by atoms with Crippen LogP contribution in [0.1, 0.15) is 42.3 Å². The highest BCUT2D eigenvalue weighted by Crippen LogP contribution is 2.29. The molecular weight excluding hydrogens is 344 g/mol. The van der Waals surface area contributed by atoms with Crippen LogP contribution in [-0.4, -0.2) is 41.8 Å². The van der Waals surface area contributed by atoms with Gasteiger partial charge in [0.2, 0.25) is 0 Å². The van der Waals surface area contributed by atoms with Gasteiger partial charge in [0.15, 0.2) is 0 Å². The van der Waals surface area contributed by atoms with E-state index >= 15 is 0 Å². The summed E-state index contributed by atoms with van der Waals surface area (Å²) in [5, 5.41) is 13.5. The maximum absolute atomic E-state index is 13.0. The number of hydrogen-bond donors (Lipinski definition) is 2. The maximum atomic E-state index is 13.0. The number of anilines is 1. The van der Waals surface area contributed by atoms with E-state index in [4.69, 9.17) is 9.15 Å². The molecule has 2 aromatic rings. The zero-order valence-corrected chi connectivity index (χ0v) is 15.4. The van der Waals surface area contributed by atoms with Crippen LogP contribution in [0, 0.1) is 0 Å². The first-order valence-corrected chi connectivity index (χ1v) is 9.70. The molecular formula is C21H26N2O4. The van der Waals surface area contributed by atoms with Crippen LogP contribution in [0.2, 0.25) is 0 Å². The molecule has 1 aromatic heterocycles. The first-order chi connectivity index (χ1) is 13.2. The van der Waals surface area contributed by atoms with E-state index in [1.165, 1.54) is 17.5 Å². The average Bonchev–Trinajstić information content (AvgIpc) is 3.24. The number of ether oxygens (including phenoxy) is 1. The van der Waals surface area contributed by atoms with Gasteiger partial charge in [-0.05, 0) is 55.0 Å². The number of nitrogens with one attached hydrogen (secondary N) is 1. The Morgan fingerprint density at radius 2 is 2.15 bits per heavy atom. The van der Waals surface area contributed by atoms with E-state index in [0.717, 1.165) is 24.9 Å². The molecule has 0 spiro atoms. The number of urea groups is 1. The summed E-state index contributed by atoms with van der Waals surface area (Å²) in [6, 6.07) is 9.31. The Hall–Kier alpha value is -2.31. The van der Waals surface area contributed by atoms with Crippen molar-refractivity contribution in [2.45, 2.75) is 44.2 Å². The fourth-order valence-electron chi connectivity index (χ4n) is 4.06. The summed E-state index contributed by atoms with van der Waals surface area (Å²) < 4.78 is 10.8. The molecule has 6 heteroatoms. The highest BCUT2D eigenvalue weighted by atomic mass is 16.5. The van der Waals surface area contributed by atoms with Crippen molar-refractivity contribution < 1.29 is 19.1 Å². The van der Waals surface area contributed by atoms with E-state index in [9.17, 15) is 9.90 Å². The molecule has 0 saturated carbocycles. The number of carbonyl (C=O) groups excluding carboxylic acids is 1. The number of aliphatic hydroxyl groups excluding tert-OH is 1. The summed E-state index contributed by atoms with van der Waals surface area (Å²) in [7, 11) is 0. The molecule has 6 nitrogen and oxygen atoms in total. The molecule has 144 valence electrons.